The molecule has 1 fully saturated rings. The van der Waals surface area contributed by atoms with Gasteiger partial charge in [0.25, 0.3) is 0 Å². The lowest BCUT2D eigenvalue weighted by molar-refractivity contribution is 0.404. The molecule has 2 rings (SSSR count). The molecule has 16 heavy (non-hydrogen) atoms. The first-order chi connectivity index (χ1) is 7.66. The molecule has 2 N–H and O–H groups in total. The molecule has 1 aliphatic heterocycles. The van der Waals surface area contributed by atoms with Crippen molar-refractivity contribution in [3.8, 4) is 0 Å². The molecule has 7 heteroatoms. The zero-order valence-electron chi connectivity index (χ0n) is 8.85. The SMILES string of the molecule is O=S(=O)(CC1CCCNC1)Nc1ccon1. The Balaban J connectivity index is 1.92. The van der Waals surface area contributed by atoms with E-state index in [2.05, 4.69) is 19.7 Å². The zero-order valence-corrected chi connectivity index (χ0v) is 9.66. The van der Waals surface area contributed by atoms with E-state index in [0.717, 1.165) is 25.9 Å². The lowest BCUT2D eigenvalue weighted by Crippen LogP contribution is -2.35. The van der Waals surface area contributed by atoms with Gasteiger partial charge in [-0.05, 0) is 31.8 Å². The van der Waals surface area contributed by atoms with Crippen molar-refractivity contribution in [3.63, 3.8) is 0 Å². The summed E-state index contributed by atoms with van der Waals surface area (Å²) in [5.41, 5.74) is 0. The Morgan fingerprint density at radius 2 is 2.50 bits per heavy atom. The quantitative estimate of drug-likeness (QED) is 0.803. The Morgan fingerprint density at radius 1 is 1.62 bits per heavy atom. The van der Waals surface area contributed by atoms with E-state index >= 15 is 0 Å². The molecule has 0 radical (unpaired) electrons. The van der Waals surface area contributed by atoms with Gasteiger partial charge < -0.3 is 9.84 Å². The molecular formula is C9H15N3O3S. The molecule has 1 atom stereocenters. The topological polar surface area (TPSA) is 84.2 Å². The first-order valence-electron chi connectivity index (χ1n) is 5.27. The predicted molar refractivity (Wildman–Crippen MR) is 59.5 cm³/mol. The van der Waals surface area contributed by atoms with Gasteiger partial charge in [-0.25, -0.2) is 8.42 Å². The Bertz CT molecular complexity index is 409. The molecular weight excluding hydrogens is 230 g/mol. The van der Waals surface area contributed by atoms with Crippen molar-refractivity contribution >= 4 is 15.8 Å². The smallest absolute Gasteiger partial charge is 0.234 e. The normalized spacial score (nSPS) is 21.9. The van der Waals surface area contributed by atoms with Gasteiger partial charge >= 0.3 is 0 Å². The Hall–Kier alpha value is -1.08. The number of rotatable bonds is 4. The highest BCUT2D eigenvalue weighted by molar-refractivity contribution is 7.92. The summed E-state index contributed by atoms with van der Waals surface area (Å²) < 4.78 is 30.4. The zero-order chi connectivity index (χ0) is 11.4. The lowest BCUT2D eigenvalue weighted by atomic mass is 10.0. The van der Waals surface area contributed by atoms with Crippen LogP contribution in [0.15, 0.2) is 16.9 Å². The summed E-state index contributed by atoms with van der Waals surface area (Å²) in [6.07, 6.45) is 3.32. The second-order valence-corrected chi connectivity index (χ2v) is 5.75. The van der Waals surface area contributed by atoms with Crippen LogP contribution < -0.4 is 10.0 Å². The van der Waals surface area contributed by atoms with Crippen LogP contribution in [-0.4, -0.2) is 32.4 Å². The minimum Gasteiger partial charge on any atom is -0.363 e. The summed E-state index contributed by atoms with van der Waals surface area (Å²) in [5, 5.41) is 6.70. The molecule has 1 unspecified atom stereocenters. The van der Waals surface area contributed by atoms with Crippen molar-refractivity contribution < 1.29 is 12.9 Å². The maximum absolute atomic E-state index is 11.7. The van der Waals surface area contributed by atoms with Crippen LogP contribution in [0.2, 0.25) is 0 Å². The van der Waals surface area contributed by atoms with Crippen molar-refractivity contribution in [1.29, 1.82) is 0 Å². The molecule has 6 nitrogen and oxygen atoms in total. The van der Waals surface area contributed by atoms with Crippen LogP contribution >= 0.6 is 0 Å². The van der Waals surface area contributed by atoms with E-state index in [1.807, 2.05) is 0 Å². The van der Waals surface area contributed by atoms with Gasteiger partial charge in [-0.2, -0.15) is 0 Å². The summed E-state index contributed by atoms with van der Waals surface area (Å²) >= 11 is 0. The summed E-state index contributed by atoms with van der Waals surface area (Å²) in [4.78, 5) is 0. The Morgan fingerprint density at radius 3 is 3.12 bits per heavy atom. The molecule has 1 saturated heterocycles. The van der Waals surface area contributed by atoms with Gasteiger partial charge in [0.1, 0.15) is 6.26 Å². The third-order valence-corrected chi connectivity index (χ3v) is 3.98. The fourth-order valence-corrected chi connectivity index (χ4v) is 3.26. The third kappa shape index (κ3) is 3.21. The molecule has 0 amide bonds. The highest BCUT2D eigenvalue weighted by atomic mass is 32.2. The number of hydrogen-bond donors (Lipinski definition) is 2. The number of anilines is 1. The number of sulfonamides is 1. The van der Waals surface area contributed by atoms with E-state index < -0.39 is 10.0 Å². The summed E-state index contributed by atoms with van der Waals surface area (Å²) in [7, 11) is -3.32. The highest BCUT2D eigenvalue weighted by Crippen LogP contribution is 2.14. The maximum Gasteiger partial charge on any atom is 0.234 e. The van der Waals surface area contributed by atoms with Crippen LogP contribution in [0, 0.1) is 5.92 Å². The molecule has 0 bridgehead atoms. The average molecular weight is 245 g/mol. The second kappa shape index (κ2) is 4.84. The molecule has 1 aromatic rings. The first kappa shape index (κ1) is 11.4. The van der Waals surface area contributed by atoms with E-state index in [1.54, 1.807) is 0 Å². The van der Waals surface area contributed by atoms with E-state index in [4.69, 9.17) is 0 Å². The van der Waals surface area contributed by atoms with Crippen LogP contribution in [0.1, 0.15) is 12.8 Å². The molecule has 0 saturated carbocycles. The van der Waals surface area contributed by atoms with Crippen molar-refractivity contribution in [2.75, 3.05) is 23.6 Å². The van der Waals surface area contributed by atoms with Gasteiger partial charge in [0.2, 0.25) is 10.0 Å². The predicted octanol–water partition coefficient (Wildman–Crippen LogP) is 0.416. The van der Waals surface area contributed by atoms with Gasteiger partial charge in [0.15, 0.2) is 5.82 Å². The fourth-order valence-electron chi connectivity index (χ4n) is 1.84. The summed E-state index contributed by atoms with van der Waals surface area (Å²) in [6, 6.07) is 1.48. The van der Waals surface area contributed by atoms with E-state index in [0.29, 0.717) is 0 Å². The van der Waals surface area contributed by atoms with Gasteiger partial charge in [0.05, 0.1) is 5.75 Å². The van der Waals surface area contributed by atoms with Gasteiger partial charge in [-0.1, -0.05) is 5.16 Å². The molecule has 1 aromatic heterocycles. The minimum absolute atomic E-state index is 0.132. The lowest BCUT2D eigenvalue weighted by Gasteiger charge is -2.22. The molecule has 0 aromatic carbocycles. The molecule has 1 aliphatic rings. The van der Waals surface area contributed by atoms with Crippen molar-refractivity contribution in [2.24, 2.45) is 5.92 Å². The van der Waals surface area contributed by atoms with Crippen LogP contribution in [0.4, 0.5) is 5.82 Å². The van der Waals surface area contributed by atoms with Crippen molar-refractivity contribution in [1.82, 2.24) is 10.5 Å². The average Bonchev–Trinajstić information content (AvgIpc) is 2.70. The number of aromatic nitrogens is 1. The fraction of sp³-hybridized carbons (Fsp3) is 0.667. The van der Waals surface area contributed by atoms with Crippen LogP contribution in [0.25, 0.3) is 0 Å². The van der Waals surface area contributed by atoms with Crippen LogP contribution in [0.5, 0.6) is 0 Å². The Kier molecular flexibility index (Phi) is 3.45. The minimum atomic E-state index is -3.32. The Labute approximate surface area is 94.4 Å². The highest BCUT2D eigenvalue weighted by Gasteiger charge is 2.21. The molecule has 0 spiro atoms. The third-order valence-electron chi connectivity index (χ3n) is 2.55. The van der Waals surface area contributed by atoms with E-state index in [-0.39, 0.29) is 17.5 Å². The number of piperidine rings is 1. The second-order valence-electron chi connectivity index (χ2n) is 3.98. The maximum atomic E-state index is 11.7. The van der Waals surface area contributed by atoms with E-state index in [9.17, 15) is 8.42 Å². The van der Waals surface area contributed by atoms with Gasteiger partial charge in [-0.15, -0.1) is 0 Å². The summed E-state index contributed by atoms with van der Waals surface area (Å²) in [6.45, 7) is 1.74. The monoisotopic (exact) mass is 245 g/mol. The van der Waals surface area contributed by atoms with Gasteiger partial charge in [0, 0.05) is 6.07 Å². The first-order valence-corrected chi connectivity index (χ1v) is 6.92. The molecule has 2 heterocycles. The van der Waals surface area contributed by atoms with Crippen LogP contribution in [-0.2, 0) is 10.0 Å². The van der Waals surface area contributed by atoms with Crippen molar-refractivity contribution in [2.45, 2.75) is 12.8 Å². The largest absolute Gasteiger partial charge is 0.363 e. The molecule has 0 aliphatic carbocycles. The van der Waals surface area contributed by atoms with Gasteiger partial charge in [-0.3, -0.25) is 4.72 Å². The summed E-state index contributed by atoms with van der Waals surface area (Å²) in [5.74, 6) is 0.550. The number of nitrogens with one attached hydrogen (secondary N) is 2. The van der Waals surface area contributed by atoms with Crippen molar-refractivity contribution in [3.05, 3.63) is 12.3 Å². The number of hydrogen-bond acceptors (Lipinski definition) is 5. The van der Waals surface area contributed by atoms with Crippen LogP contribution in [0.3, 0.4) is 0 Å². The standard InChI is InChI=1S/C9H15N3O3S/c13-16(14,12-9-3-5-15-11-9)7-8-2-1-4-10-6-8/h3,5,8,10H,1-2,4,6-7H2,(H,11,12). The molecule has 90 valence electrons. The van der Waals surface area contributed by atoms with E-state index in [1.165, 1.54) is 12.3 Å². The number of nitrogens with zero attached hydrogens (tertiary/aromatic N) is 1.